The van der Waals surface area contributed by atoms with Crippen LogP contribution in [0.2, 0.25) is 0 Å². The second-order valence-corrected chi connectivity index (χ2v) is 6.31. The summed E-state index contributed by atoms with van der Waals surface area (Å²) in [5.41, 5.74) is 4.81. The van der Waals surface area contributed by atoms with Gasteiger partial charge in [-0.15, -0.1) is 0 Å². The van der Waals surface area contributed by atoms with Crippen molar-refractivity contribution >= 4 is 17.6 Å². The van der Waals surface area contributed by atoms with Crippen molar-refractivity contribution in [1.82, 2.24) is 15.8 Å². The van der Waals surface area contributed by atoms with Gasteiger partial charge >= 0.3 is 0 Å². The number of halogens is 3. The molecule has 1 amide bonds. The van der Waals surface area contributed by atoms with E-state index in [-0.39, 0.29) is 30.5 Å². The quantitative estimate of drug-likeness (QED) is 0.821. The third-order valence-electron chi connectivity index (χ3n) is 4.18. The van der Waals surface area contributed by atoms with Gasteiger partial charge in [0.15, 0.2) is 11.6 Å². The van der Waals surface area contributed by atoms with Crippen LogP contribution in [0.5, 0.6) is 5.75 Å². The number of carbonyl (C=O) groups excluding carboxylic acids is 1. The number of ether oxygens (including phenoxy) is 1. The Bertz CT molecular complexity index is 910. The zero-order valence-electron chi connectivity index (χ0n) is 15.4. The third-order valence-corrected chi connectivity index (χ3v) is 4.18. The molecular formula is C19H19F3N4O2. The summed E-state index contributed by atoms with van der Waals surface area (Å²) in [6.07, 6.45) is 0. The number of nitrogens with one attached hydrogen (secondary N) is 2. The predicted molar refractivity (Wildman–Crippen MR) is 97.7 cm³/mol. The molecule has 0 radical (unpaired) electrons. The number of hydrogen-bond donors (Lipinski definition) is 2. The van der Waals surface area contributed by atoms with Gasteiger partial charge < -0.3 is 4.74 Å². The van der Waals surface area contributed by atoms with E-state index in [1.54, 1.807) is 25.1 Å². The van der Waals surface area contributed by atoms with Crippen LogP contribution in [0.15, 0.2) is 35.3 Å². The number of carbonyl (C=O) groups is 1. The summed E-state index contributed by atoms with van der Waals surface area (Å²) in [4.78, 5) is 16.2. The number of aryl methyl sites for hydroxylation is 2. The standard InChI is InChI=1S/C19H19F3N4O2/c1-11-3-4-14(28-10-20)7-16(11)24-19-25-17(27)8-23-26(19)9-13-5-12(2)18(22)15(21)6-13/h3-7,23H,8-10H2,1-2H3,(H,24,25,27). The van der Waals surface area contributed by atoms with E-state index in [1.807, 2.05) is 0 Å². The Kier molecular flexibility index (Phi) is 5.84. The highest BCUT2D eigenvalue weighted by Crippen LogP contribution is 2.25. The van der Waals surface area contributed by atoms with Crippen molar-refractivity contribution in [3.63, 3.8) is 0 Å². The minimum atomic E-state index is -0.973. The van der Waals surface area contributed by atoms with Gasteiger partial charge in [-0.2, -0.15) is 0 Å². The molecule has 0 aromatic heterocycles. The highest BCUT2D eigenvalue weighted by atomic mass is 19.2. The predicted octanol–water partition coefficient (Wildman–Crippen LogP) is 3.01. The third kappa shape index (κ3) is 4.42. The summed E-state index contributed by atoms with van der Waals surface area (Å²) in [6.45, 7) is 2.45. The van der Waals surface area contributed by atoms with Crippen molar-refractivity contribution in [3.8, 4) is 5.75 Å². The summed E-state index contributed by atoms with van der Waals surface area (Å²) in [5, 5.41) is 4.17. The molecule has 0 spiro atoms. The van der Waals surface area contributed by atoms with Gasteiger partial charge in [-0.05, 0) is 42.7 Å². The minimum absolute atomic E-state index is 0.00562. The summed E-state index contributed by atoms with van der Waals surface area (Å²) < 4.78 is 44.5. The van der Waals surface area contributed by atoms with Crippen molar-refractivity contribution in [2.75, 3.05) is 13.4 Å². The van der Waals surface area contributed by atoms with Gasteiger partial charge in [0.1, 0.15) is 5.75 Å². The number of aliphatic imine (C=N–C) groups is 1. The lowest BCUT2D eigenvalue weighted by molar-refractivity contribution is -0.120. The van der Waals surface area contributed by atoms with E-state index >= 15 is 0 Å². The Labute approximate surface area is 160 Å². The maximum absolute atomic E-state index is 13.7. The summed E-state index contributed by atoms with van der Waals surface area (Å²) in [7, 11) is 0. The summed E-state index contributed by atoms with van der Waals surface area (Å²) in [5.74, 6) is -1.66. The fraction of sp³-hybridized carbons (Fsp3) is 0.263. The molecule has 0 unspecified atom stereocenters. The first-order valence-corrected chi connectivity index (χ1v) is 8.51. The lowest BCUT2D eigenvalue weighted by atomic mass is 10.1. The average Bonchev–Trinajstić information content (AvgIpc) is 2.65. The number of amides is 1. The van der Waals surface area contributed by atoms with Crippen molar-refractivity contribution in [2.45, 2.75) is 20.4 Å². The van der Waals surface area contributed by atoms with Gasteiger partial charge in [-0.25, -0.2) is 23.6 Å². The lowest BCUT2D eigenvalue weighted by Crippen LogP contribution is -2.59. The summed E-state index contributed by atoms with van der Waals surface area (Å²) >= 11 is 0. The van der Waals surface area contributed by atoms with Crippen LogP contribution in [0.25, 0.3) is 0 Å². The average molecular weight is 392 g/mol. The number of hydrazine groups is 1. The molecule has 0 saturated carbocycles. The van der Waals surface area contributed by atoms with Crippen LogP contribution in [0.1, 0.15) is 16.7 Å². The number of hydrogen-bond acceptors (Lipinski definition) is 4. The van der Waals surface area contributed by atoms with Crippen LogP contribution in [0, 0.1) is 25.5 Å². The Morgan fingerprint density at radius 3 is 2.68 bits per heavy atom. The molecule has 1 saturated heterocycles. The normalized spacial score (nSPS) is 15.7. The monoisotopic (exact) mass is 392 g/mol. The van der Waals surface area contributed by atoms with E-state index < -0.39 is 18.5 Å². The number of guanidine groups is 1. The molecule has 28 heavy (non-hydrogen) atoms. The molecule has 0 aliphatic carbocycles. The maximum Gasteiger partial charge on any atom is 0.242 e. The number of alkyl halides is 1. The highest BCUT2D eigenvalue weighted by molar-refractivity contribution is 6.00. The van der Waals surface area contributed by atoms with Crippen LogP contribution in [-0.4, -0.2) is 30.3 Å². The van der Waals surface area contributed by atoms with Gasteiger partial charge in [-0.1, -0.05) is 12.1 Å². The Morgan fingerprint density at radius 2 is 1.96 bits per heavy atom. The van der Waals surface area contributed by atoms with Gasteiger partial charge in [0.05, 0.1) is 18.8 Å². The molecule has 2 aromatic rings. The Balaban J connectivity index is 1.92. The molecule has 1 heterocycles. The number of nitrogens with zero attached hydrogens (tertiary/aromatic N) is 2. The van der Waals surface area contributed by atoms with Crippen LogP contribution in [0.4, 0.5) is 18.9 Å². The fourth-order valence-electron chi connectivity index (χ4n) is 2.75. The molecule has 2 aromatic carbocycles. The maximum atomic E-state index is 13.7. The largest absolute Gasteiger partial charge is 0.463 e. The molecule has 1 aliphatic rings. The van der Waals surface area contributed by atoms with Crippen LogP contribution >= 0.6 is 0 Å². The zero-order chi connectivity index (χ0) is 20.3. The minimum Gasteiger partial charge on any atom is -0.463 e. The van der Waals surface area contributed by atoms with Gasteiger partial charge in [0, 0.05) is 6.07 Å². The lowest BCUT2D eigenvalue weighted by Gasteiger charge is -2.31. The molecule has 1 fully saturated rings. The zero-order valence-corrected chi connectivity index (χ0v) is 15.4. The molecule has 0 atom stereocenters. The van der Waals surface area contributed by atoms with Gasteiger partial charge in [0.25, 0.3) is 0 Å². The SMILES string of the molecule is Cc1ccc(OCF)cc1N=C1NC(=O)CNN1Cc1cc(C)c(F)c(F)c1. The Hall–Kier alpha value is -3.07. The molecule has 9 heteroatoms. The fourth-order valence-corrected chi connectivity index (χ4v) is 2.75. The molecular weight excluding hydrogens is 373 g/mol. The van der Waals surface area contributed by atoms with Crippen molar-refractivity contribution in [2.24, 2.45) is 4.99 Å². The van der Waals surface area contributed by atoms with Crippen LogP contribution in [0.3, 0.4) is 0 Å². The van der Waals surface area contributed by atoms with E-state index in [4.69, 9.17) is 4.74 Å². The molecule has 148 valence electrons. The first kappa shape index (κ1) is 19.7. The van der Waals surface area contributed by atoms with Crippen molar-refractivity contribution in [1.29, 1.82) is 0 Å². The second kappa shape index (κ2) is 8.30. The second-order valence-electron chi connectivity index (χ2n) is 6.31. The van der Waals surface area contributed by atoms with E-state index in [0.29, 0.717) is 17.0 Å². The van der Waals surface area contributed by atoms with E-state index in [2.05, 4.69) is 15.7 Å². The Morgan fingerprint density at radius 1 is 1.18 bits per heavy atom. The molecule has 3 rings (SSSR count). The van der Waals surface area contributed by atoms with Crippen molar-refractivity contribution < 1.29 is 22.7 Å². The smallest absolute Gasteiger partial charge is 0.242 e. The highest BCUT2D eigenvalue weighted by Gasteiger charge is 2.22. The molecule has 0 bridgehead atoms. The first-order chi connectivity index (χ1) is 13.4. The van der Waals surface area contributed by atoms with E-state index in [9.17, 15) is 18.0 Å². The molecule has 2 N–H and O–H groups in total. The van der Waals surface area contributed by atoms with Crippen LogP contribution in [-0.2, 0) is 11.3 Å². The topological polar surface area (TPSA) is 66.0 Å². The van der Waals surface area contributed by atoms with Crippen LogP contribution < -0.4 is 15.5 Å². The first-order valence-electron chi connectivity index (χ1n) is 8.51. The molecule has 1 aliphatic heterocycles. The van der Waals surface area contributed by atoms with Gasteiger partial charge in [-0.3, -0.25) is 15.1 Å². The molecule has 6 nitrogen and oxygen atoms in total. The number of rotatable bonds is 5. The van der Waals surface area contributed by atoms with E-state index in [0.717, 1.165) is 11.6 Å². The number of benzene rings is 2. The summed E-state index contributed by atoms with van der Waals surface area (Å²) in [6, 6.07) is 7.49. The van der Waals surface area contributed by atoms with E-state index in [1.165, 1.54) is 18.0 Å². The van der Waals surface area contributed by atoms with Crippen molar-refractivity contribution in [3.05, 3.63) is 58.7 Å². The van der Waals surface area contributed by atoms with Gasteiger partial charge in [0.2, 0.25) is 18.7 Å².